The summed E-state index contributed by atoms with van der Waals surface area (Å²) in [5.41, 5.74) is 4.47. The van der Waals surface area contributed by atoms with Gasteiger partial charge in [-0.25, -0.2) is 13.1 Å². The quantitative estimate of drug-likeness (QED) is 0.675. The number of sulfone groups is 1. The molecule has 1 aliphatic rings. The van der Waals surface area contributed by atoms with Crippen LogP contribution >= 0.6 is 0 Å². The van der Waals surface area contributed by atoms with E-state index in [1.807, 2.05) is 39.0 Å². The minimum atomic E-state index is -3.25. The zero-order valence-corrected chi connectivity index (χ0v) is 17.9. The number of benzene rings is 2. The molecule has 0 saturated heterocycles. The maximum absolute atomic E-state index is 12.9. The first-order valence-electron chi connectivity index (χ1n) is 9.70. The number of carbonyl (C=O) groups excluding carboxylic acids is 1. The number of fused-ring (bicyclic) bond motifs is 1. The molecule has 0 unspecified atom stereocenters. The Morgan fingerprint density at radius 3 is 2.50 bits per heavy atom. The maximum atomic E-state index is 12.9. The van der Waals surface area contributed by atoms with Gasteiger partial charge in [0.25, 0.3) is 5.91 Å². The number of hydrogen-bond acceptors (Lipinski definition) is 5. The van der Waals surface area contributed by atoms with E-state index in [2.05, 4.69) is 10.4 Å². The number of carbonyl (C=O) groups is 1. The minimum absolute atomic E-state index is 0.119. The summed E-state index contributed by atoms with van der Waals surface area (Å²) in [6.07, 6.45) is 0. The Bertz CT molecular complexity index is 1230. The Hall–Kier alpha value is -3.13. The molecule has 0 aliphatic carbocycles. The minimum Gasteiger partial charge on any atom is -0.494 e. The smallest absolute Gasteiger partial charge is 0.256 e. The molecule has 2 heterocycles. The van der Waals surface area contributed by atoms with Gasteiger partial charge in [0, 0.05) is 11.1 Å². The Labute approximate surface area is 175 Å². The van der Waals surface area contributed by atoms with E-state index in [4.69, 9.17) is 4.74 Å². The first-order valence-corrected chi connectivity index (χ1v) is 11.5. The summed E-state index contributed by atoms with van der Waals surface area (Å²) in [6, 6.07) is 12.7. The van der Waals surface area contributed by atoms with Crippen molar-refractivity contribution < 1.29 is 17.9 Å². The predicted molar refractivity (Wildman–Crippen MR) is 115 cm³/mol. The van der Waals surface area contributed by atoms with Crippen LogP contribution in [0.3, 0.4) is 0 Å². The van der Waals surface area contributed by atoms with Crippen molar-refractivity contribution in [3.63, 3.8) is 0 Å². The third-order valence-electron chi connectivity index (χ3n) is 5.18. The van der Waals surface area contributed by atoms with Crippen molar-refractivity contribution in [1.82, 2.24) is 9.78 Å². The molecule has 1 aromatic heterocycles. The zero-order chi connectivity index (χ0) is 21.5. The first kappa shape index (κ1) is 20.2. The van der Waals surface area contributed by atoms with Crippen molar-refractivity contribution in [2.75, 3.05) is 11.9 Å². The maximum Gasteiger partial charge on any atom is 0.256 e. The van der Waals surface area contributed by atoms with Crippen molar-refractivity contribution >= 4 is 21.6 Å². The Morgan fingerprint density at radius 2 is 1.83 bits per heavy atom. The number of amides is 1. The molecule has 0 atom stereocenters. The summed E-state index contributed by atoms with van der Waals surface area (Å²) in [5, 5.41) is 7.40. The number of anilines is 1. The molecule has 8 heteroatoms. The van der Waals surface area contributed by atoms with Crippen molar-refractivity contribution in [3.05, 3.63) is 70.4 Å². The third kappa shape index (κ3) is 3.82. The van der Waals surface area contributed by atoms with Gasteiger partial charge in [0.1, 0.15) is 11.6 Å². The standard InChI is InChI=1S/C22H23N3O4S/c1-4-29-18-9-6-16(7-10-18)22(26)23-21-19-12-30(27,28)13-20(19)24-25(21)17-8-5-14(2)15(3)11-17/h5-11H,4,12-13H2,1-3H3,(H,23,26). The van der Waals surface area contributed by atoms with E-state index in [1.54, 1.807) is 28.9 Å². The molecule has 2 aromatic carbocycles. The molecule has 1 amide bonds. The molecule has 0 saturated carbocycles. The number of nitrogens with one attached hydrogen (secondary N) is 1. The fraction of sp³-hybridized carbons (Fsp3) is 0.273. The lowest BCUT2D eigenvalue weighted by Crippen LogP contribution is -2.17. The highest BCUT2D eigenvalue weighted by atomic mass is 32.2. The van der Waals surface area contributed by atoms with Crippen LogP contribution in [0.1, 0.15) is 39.7 Å². The molecular weight excluding hydrogens is 402 g/mol. The zero-order valence-electron chi connectivity index (χ0n) is 17.1. The van der Waals surface area contributed by atoms with Gasteiger partial charge in [-0.2, -0.15) is 5.10 Å². The van der Waals surface area contributed by atoms with Gasteiger partial charge in [0.15, 0.2) is 9.84 Å². The van der Waals surface area contributed by atoms with Crippen molar-refractivity contribution in [3.8, 4) is 11.4 Å². The molecule has 1 N–H and O–H groups in total. The normalized spacial score (nSPS) is 14.4. The first-order chi connectivity index (χ1) is 14.3. The molecule has 0 spiro atoms. The molecule has 7 nitrogen and oxygen atoms in total. The lowest BCUT2D eigenvalue weighted by atomic mass is 10.1. The second-order valence-electron chi connectivity index (χ2n) is 7.40. The van der Waals surface area contributed by atoms with E-state index in [-0.39, 0.29) is 17.4 Å². The number of rotatable bonds is 5. The van der Waals surface area contributed by atoms with E-state index in [0.717, 1.165) is 16.8 Å². The summed E-state index contributed by atoms with van der Waals surface area (Å²) >= 11 is 0. The molecular formula is C22H23N3O4S. The summed E-state index contributed by atoms with van der Waals surface area (Å²) in [7, 11) is -3.25. The van der Waals surface area contributed by atoms with Crippen LogP contribution in [0, 0.1) is 13.8 Å². The van der Waals surface area contributed by atoms with Crippen molar-refractivity contribution in [2.24, 2.45) is 0 Å². The van der Waals surface area contributed by atoms with Gasteiger partial charge < -0.3 is 10.1 Å². The lowest BCUT2D eigenvalue weighted by Gasteiger charge is -2.13. The van der Waals surface area contributed by atoms with Crippen LogP contribution in [0.4, 0.5) is 5.82 Å². The molecule has 30 heavy (non-hydrogen) atoms. The SMILES string of the molecule is CCOc1ccc(C(=O)Nc2c3c(nn2-c2ccc(C)c(C)c2)CS(=O)(=O)C3)cc1. The van der Waals surface area contributed by atoms with Gasteiger partial charge >= 0.3 is 0 Å². The summed E-state index contributed by atoms with van der Waals surface area (Å²) in [6.45, 7) is 6.45. The fourth-order valence-electron chi connectivity index (χ4n) is 3.46. The van der Waals surface area contributed by atoms with E-state index in [0.29, 0.717) is 35.0 Å². The summed E-state index contributed by atoms with van der Waals surface area (Å²) in [5.74, 6) is 0.489. The molecule has 0 radical (unpaired) electrons. The van der Waals surface area contributed by atoms with Gasteiger partial charge in [-0.3, -0.25) is 4.79 Å². The highest BCUT2D eigenvalue weighted by Gasteiger charge is 2.33. The fourth-order valence-corrected chi connectivity index (χ4v) is 4.96. The Balaban J connectivity index is 1.72. The average Bonchev–Trinajstić information content (AvgIpc) is 3.17. The summed E-state index contributed by atoms with van der Waals surface area (Å²) in [4.78, 5) is 12.9. The van der Waals surface area contributed by atoms with Crippen molar-refractivity contribution in [1.29, 1.82) is 0 Å². The van der Waals surface area contributed by atoms with E-state index < -0.39 is 9.84 Å². The number of aromatic nitrogens is 2. The highest BCUT2D eigenvalue weighted by molar-refractivity contribution is 7.90. The van der Waals surface area contributed by atoms with E-state index in [9.17, 15) is 13.2 Å². The van der Waals surface area contributed by atoms with Gasteiger partial charge in [-0.15, -0.1) is 0 Å². The molecule has 1 aliphatic heterocycles. The van der Waals surface area contributed by atoms with E-state index in [1.165, 1.54) is 0 Å². The third-order valence-corrected chi connectivity index (χ3v) is 6.62. The monoisotopic (exact) mass is 425 g/mol. The van der Waals surface area contributed by atoms with Gasteiger partial charge in [-0.05, 0) is 68.3 Å². The van der Waals surface area contributed by atoms with Crippen LogP contribution in [-0.4, -0.2) is 30.7 Å². The summed E-state index contributed by atoms with van der Waals surface area (Å²) < 4.78 is 31.3. The number of aryl methyl sites for hydroxylation is 2. The Morgan fingerprint density at radius 1 is 1.10 bits per heavy atom. The molecule has 156 valence electrons. The predicted octanol–water partition coefficient (Wildman–Crippen LogP) is 3.57. The van der Waals surface area contributed by atoms with Gasteiger partial charge in [-0.1, -0.05) is 6.07 Å². The second kappa shape index (κ2) is 7.60. The molecule has 4 rings (SSSR count). The lowest BCUT2D eigenvalue weighted by molar-refractivity contribution is 0.102. The van der Waals surface area contributed by atoms with Crippen LogP contribution in [0.25, 0.3) is 5.69 Å². The van der Waals surface area contributed by atoms with Crippen molar-refractivity contribution in [2.45, 2.75) is 32.3 Å². The van der Waals surface area contributed by atoms with Crippen LogP contribution in [-0.2, 0) is 21.3 Å². The number of nitrogens with zero attached hydrogens (tertiary/aromatic N) is 2. The molecule has 0 bridgehead atoms. The molecule has 0 fully saturated rings. The second-order valence-corrected chi connectivity index (χ2v) is 9.46. The topological polar surface area (TPSA) is 90.3 Å². The highest BCUT2D eigenvalue weighted by Crippen LogP contribution is 2.33. The van der Waals surface area contributed by atoms with Crippen LogP contribution < -0.4 is 10.1 Å². The average molecular weight is 426 g/mol. The van der Waals surface area contributed by atoms with Crippen LogP contribution in [0.5, 0.6) is 5.75 Å². The number of hydrogen-bond donors (Lipinski definition) is 1. The number of ether oxygens (including phenoxy) is 1. The van der Waals surface area contributed by atoms with Crippen LogP contribution in [0.15, 0.2) is 42.5 Å². The van der Waals surface area contributed by atoms with E-state index >= 15 is 0 Å². The van der Waals surface area contributed by atoms with Gasteiger partial charge in [0.05, 0.1) is 29.5 Å². The van der Waals surface area contributed by atoms with Crippen LogP contribution in [0.2, 0.25) is 0 Å². The largest absolute Gasteiger partial charge is 0.494 e. The Kier molecular flexibility index (Phi) is 5.11. The molecule has 3 aromatic rings. The van der Waals surface area contributed by atoms with Gasteiger partial charge in [0.2, 0.25) is 0 Å².